The van der Waals surface area contributed by atoms with Crippen molar-refractivity contribution in [2.24, 2.45) is 5.41 Å². The molecule has 8 rings (SSSR count). The zero-order valence-corrected chi connectivity index (χ0v) is 28.1. The van der Waals surface area contributed by atoms with E-state index in [0.29, 0.717) is 58.2 Å². The highest BCUT2D eigenvalue weighted by atomic mass is 19.1. The van der Waals surface area contributed by atoms with Gasteiger partial charge in [-0.05, 0) is 92.4 Å². The number of para-hydroxylation sites is 2. The van der Waals surface area contributed by atoms with Gasteiger partial charge in [-0.3, -0.25) is 14.4 Å². The summed E-state index contributed by atoms with van der Waals surface area (Å²) in [5, 5.41) is 5.61. The summed E-state index contributed by atoms with van der Waals surface area (Å²) < 4.78 is 26.0. The lowest BCUT2D eigenvalue weighted by Gasteiger charge is -2.53. The normalized spacial score (nSPS) is 16.0. The van der Waals surface area contributed by atoms with E-state index in [-0.39, 0.29) is 28.7 Å². The molecule has 0 atom stereocenters. The average molecular weight is 686 g/mol. The van der Waals surface area contributed by atoms with E-state index in [1.54, 1.807) is 72.6 Å². The number of carbonyl (C=O) groups is 3. The van der Waals surface area contributed by atoms with Crippen molar-refractivity contribution < 1.29 is 27.9 Å². The van der Waals surface area contributed by atoms with Crippen molar-refractivity contribution in [3.63, 3.8) is 0 Å². The van der Waals surface area contributed by atoms with Gasteiger partial charge in [0.1, 0.15) is 17.4 Å². The van der Waals surface area contributed by atoms with E-state index >= 15 is 0 Å². The Bertz CT molecular complexity index is 2130. The molecule has 5 heterocycles. The van der Waals surface area contributed by atoms with Crippen LogP contribution >= 0.6 is 0 Å². The van der Waals surface area contributed by atoms with Gasteiger partial charge in [0.25, 0.3) is 17.7 Å². The summed E-state index contributed by atoms with van der Waals surface area (Å²) in [6.07, 6.45) is 4.18. The summed E-state index contributed by atoms with van der Waals surface area (Å²) in [7, 11) is 0. The first-order valence-electron chi connectivity index (χ1n) is 17.1. The number of halogens is 1. The second kappa shape index (κ2) is 13.1. The van der Waals surface area contributed by atoms with E-state index in [1.165, 1.54) is 6.07 Å². The smallest absolute Gasteiger partial charge is 0.291 e. The average Bonchev–Trinajstić information content (AvgIpc) is 3.50. The second-order valence-corrected chi connectivity index (χ2v) is 13.4. The first-order valence-corrected chi connectivity index (χ1v) is 17.1. The minimum Gasteiger partial charge on any atom is -0.451 e. The molecule has 2 N–H and O–H groups in total. The Labute approximate surface area is 294 Å². The molecule has 258 valence electrons. The number of pyridine rings is 1. The molecule has 3 amide bonds. The first kappa shape index (κ1) is 32.4. The van der Waals surface area contributed by atoms with Crippen LogP contribution in [0.4, 0.5) is 27.3 Å². The predicted octanol–water partition coefficient (Wildman–Crippen LogP) is 7.11. The van der Waals surface area contributed by atoms with Crippen LogP contribution in [0.5, 0.6) is 0 Å². The molecule has 0 saturated carbocycles. The van der Waals surface area contributed by atoms with Crippen LogP contribution in [0, 0.1) is 18.2 Å². The van der Waals surface area contributed by atoms with Crippen LogP contribution in [0.3, 0.4) is 0 Å². The lowest BCUT2D eigenvalue weighted by Crippen LogP contribution is -2.59. The maximum atomic E-state index is 14.4. The molecule has 3 aliphatic heterocycles. The van der Waals surface area contributed by atoms with Gasteiger partial charge in [0.05, 0.1) is 16.9 Å². The van der Waals surface area contributed by atoms with Gasteiger partial charge >= 0.3 is 0 Å². The topological polar surface area (TPSA) is 117 Å². The summed E-state index contributed by atoms with van der Waals surface area (Å²) in [6, 6.07) is 24.0. The fourth-order valence-corrected chi connectivity index (χ4v) is 7.29. The zero-order valence-electron chi connectivity index (χ0n) is 28.1. The lowest BCUT2D eigenvalue weighted by molar-refractivity contribution is -0.000510. The molecule has 2 aromatic heterocycles. The minimum absolute atomic E-state index is 0.0568. The number of aryl methyl sites for hydroxylation is 1. The largest absolute Gasteiger partial charge is 0.451 e. The summed E-state index contributed by atoms with van der Waals surface area (Å²) in [6.45, 7) is 5.32. The minimum atomic E-state index is -0.558. The van der Waals surface area contributed by atoms with E-state index in [1.807, 2.05) is 24.3 Å². The molecule has 3 aromatic carbocycles. The van der Waals surface area contributed by atoms with Crippen molar-refractivity contribution in [2.75, 3.05) is 53.3 Å². The number of fused-ring (bicyclic) bond motifs is 3. The molecule has 2 saturated heterocycles. The Morgan fingerprint density at radius 1 is 0.882 bits per heavy atom. The van der Waals surface area contributed by atoms with Crippen molar-refractivity contribution in [1.29, 1.82) is 0 Å². The van der Waals surface area contributed by atoms with Crippen LogP contribution in [0.1, 0.15) is 55.2 Å². The molecule has 0 radical (unpaired) electrons. The van der Waals surface area contributed by atoms with Crippen LogP contribution in [0.2, 0.25) is 0 Å². The molecule has 3 aliphatic rings. The van der Waals surface area contributed by atoms with Crippen LogP contribution in [-0.4, -0.2) is 55.6 Å². The molecule has 0 aliphatic carbocycles. The van der Waals surface area contributed by atoms with Gasteiger partial charge in [-0.2, -0.15) is 0 Å². The lowest BCUT2D eigenvalue weighted by atomic mass is 9.73. The Morgan fingerprint density at radius 2 is 1.67 bits per heavy atom. The Kier molecular flexibility index (Phi) is 8.35. The summed E-state index contributed by atoms with van der Waals surface area (Å²) in [5.74, 6) is -0.347. The van der Waals surface area contributed by atoms with Gasteiger partial charge in [0.15, 0.2) is 5.76 Å². The highest BCUT2D eigenvalue weighted by Crippen LogP contribution is 2.43. The summed E-state index contributed by atoms with van der Waals surface area (Å²) >= 11 is 0. The number of amides is 3. The number of nitrogens with zero attached hydrogens (tertiary/aromatic N) is 3. The monoisotopic (exact) mass is 685 g/mol. The van der Waals surface area contributed by atoms with Gasteiger partial charge in [-0.1, -0.05) is 24.3 Å². The molecule has 51 heavy (non-hydrogen) atoms. The highest BCUT2D eigenvalue weighted by molar-refractivity contribution is 6.10. The second-order valence-electron chi connectivity index (χ2n) is 13.4. The molecular formula is C40H36FN5O5. The third-order valence-corrected chi connectivity index (χ3v) is 10.1. The molecular weight excluding hydrogens is 649 g/mol. The van der Waals surface area contributed by atoms with Crippen LogP contribution in [0.25, 0.3) is 11.3 Å². The molecule has 2 fully saturated rings. The number of furan rings is 1. The maximum absolute atomic E-state index is 14.4. The molecule has 11 heteroatoms. The number of anilines is 4. The maximum Gasteiger partial charge on any atom is 0.291 e. The number of carbonyl (C=O) groups excluding carboxylic acids is 3. The fraction of sp³-hybridized carbons (Fsp3) is 0.250. The number of rotatable bonds is 6. The van der Waals surface area contributed by atoms with E-state index < -0.39 is 11.7 Å². The highest BCUT2D eigenvalue weighted by Gasteiger charge is 2.45. The van der Waals surface area contributed by atoms with E-state index in [2.05, 4.69) is 20.5 Å². The van der Waals surface area contributed by atoms with Crippen molar-refractivity contribution >= 4 is 40.6 Å². The summed E-state index contributed by atoms with van der Waals surface area (Å²) in [5.41, 5.74) is 4.52. The third kappa shape index (κ3) is 6.14. The van der Waals surface area contributed by atoms with Gasteiger partial charge in [0, 0.05) is 66.8 Å². The Hall–Kier alpha value is -5.81. The predicted molar refractivity (Wildman–Crippen MR) is 192 cm³/mol. The van der Waals surface area contributed by atoms with Crippen molar-refractivity contribution in [2.45, 2.75) is 26.2 Å². The number of ether oxygens (including phenoxy) is 1. The van der Waals surface area contributed by atoms with E-state index in [0.717, 1.165) is 44.7 Å². The van der Waals surface area contributed by atoms with Gasteiger partial charge < -0.3 is 29.6 Å². The van der Waals surface area contributed by atoms with Gasteiger partial charge in [0.2, 0.25) is 0 Å². The third-order valence-electron chi connectivity index (χ3n) is 10.1. The van der Waals surface area contributed by atoms with Crippen LogP contribution in [0.15, 0.2) is 95.5 Å². The molecule has 0 bridgehead atoms. The van der Waals surface area contributed by atoms with Crippen LogP contribution < -0.4 is 20.4 Å². The van der Waals surface area contributed by atoms with Crippen LogP contribution in [-0.2, 0) is 11.2 Å². The molecule has 10 nitrogen and oxygen atoms in total. The summed E-state index contributed by atoms with van der Waals surface area (Å²) in [4.78, 5) is 48.9. The van der Waals surface area contributed by atoms with Gasteiger partial charge in [-0.25, -0.2) is 9.37 Å². The molecule has 0 unspecified atom stereocenters. The van der Waals surface area contributed by atoms with E-state index in [4.69, 9.17) is 9.15 Å². The van der Waals surface area contributed by atoms with Gasteiger partial charge in [-0.15, -0.1) is 0 Å². The quantitative estimate of drug-likeness (QED) is 0.196. The van der Waals surface area contributed by atoms with Crippen molar-refractivity contribution in [1.82, 2.24) is 4.98 Å². The number of hydrogen-bond acceptors (Lipinski definition) is 7. The SMILES string of the molecule is Cc1cccc(F)c1NC(=O)c1cc2c(o1)-c1ccccc1N(C(=O)c1ccc(NC(=O)c3cccnc3N3CC4(CCOCC4)C3)cc1)CC2. The standard InChI is InChI=1S/C40H36FN5O5/c1-25-6-4-9-31(41)34(25)44-38(48)33-22-27-15-19-46(32-10-3-2-7-29(32)35(27)51-33)39(49)26-11-13-28(14-12-26)43-37(47)30-8-5-18-42-36(30)45-23-40(24-45)16-20-50-21-17-40/h2-14,18,22H,15-17,19-21,23-24H2,1H3,(H,43,47)(H,44,48). The first-order chi connectivity index (χ1) is 24.8. The van der Waals surface area contributed by atoms with Crippen molar-refractivity contribution in [3.8, 4) is 11.3 Å². The fourth-order valence-electron chi connectivity index (χ4n) is 7.29. The Morgan fingerprint density at radius 3 is 2.45 bits per heavy atom. The van der Waals surface area contributed by atoms with E-state index in [9.17, 15) is 18.8 Å². The molecule has 5 aromatic rings. The Balaban J connectivity index is 0.968. The number of hydrogen-bond donors (Lipinski definition) is 2. The number of nitrogens with one attached hydrogen (secondary N) is 2. The zero-order chi connectivity index (χ0) is 35.1. The van der Waals surface area contributed by atoms with Crippen molar-refractivity contribution in [3.05, 3.63) is 125 Å². The number of benzene rings is 3. The number of aromatic nitrogens is 1. The molecule has 1 spiro atoms.